The molecule has 90 heavy (non-hydrogen) atoms. The maximum atomic E-state index is 13.0. The zero-order valence-corrected chi connectivity index (χ0v) is 60.4. The van der Waals surface area contributed by atoms with Gasteiger partial charge in [0.25, 0.3) is 0 Å². The highest BCUT2D eigenvalue weighted by molar-refractivity contribution is 7.47. The second-order valence-electron chi connectivity index (χ2n) is 27.1. The molecule has 0 amide bonds. The minimum atomic E-state index is -4.95. The van der Waals surface area contributed by atoms with Crippen LogP contribution in [-0.4, -0.2) is 96.7 Å². The maximum Gasteiger partial charge on any atom is 0.472 e. The summed E-state index contributed by atoms with van der Waals surface area (Å²) in [5, 5.41) is 10.6. The molecule has 0 aliphatic carbocycles. The third-order valence-electron chi connectivity index (χ3n) is 16.4. The van der Waals surface area contributed by atoms with Crippen molar-refractivity contribution in [2.45, 2.75) is 375 Å². The van der Waals surface area contributed by atoms with Crippen LogP contribution < -0.4 is 0 Å². The molecule has 0 heterocycles. The Balaban J connectivity index is 5.19. The van der Waals surface area contributed by atoms with Gasteiger partial charge in [-0.3, -0.25) is 37.3 Å². The van der Waals surface area contributed by atoms with Crippen LogP contribution in [0.5, 0.6) is 0 Å². The lowest BCUT2D eigenvalue weighted by atomic mass is 10.0. The van der Waals surface area contributed by atoms with Gasteiger partial charge in [0.15, 0.2) is 12.2 Å². The van der Waals surface area contributed by atoms with Gasteiger partial charge in [-0.15, -0.1) is 0 Å². The van der Waals surface area contributed by atoms with E-state index in [1.165, 1.54) is 161 Å². The van der Waals surface area contributed by atoms with Crippen molar-refractivity contribution in [3.63, 3.8) is 0 Å². The third kappa shape index (κ3) is 64.8. The molecule has 0 aliphatic rings. The quantitative estimate of drug-likeness (QED) is 0.0222. The molecule has 19 heteroatoms. The van der Waals surface area contributed by atoms with Crippen LogP contribution in [0, 0.1) is 17.8 Å². The number of rotatable bonds is 69. The number of esters is 4. The lowest BCUT2D eigenvalue weighted by molar-refractivity contribution is -0.161. The largest absolute Gasteiger partial charge is 0.472 e. The molecule has 0 saturated carbocycles. The maximum absolute atomic E-state index is 13.0. The molecule has 0 radical (unpaired) electrons. The van der Waals surface area contributed by atoms with E-state index < -0.39 is 97.5 Å². The molecule has 5 atom stereocenters. The minimum absolute atomic E-state index is 0.103. The summed E-state index contributed by atoms with van der Waals surface area (Å²) >= 11 is 0. The number of carbonyl (C=O) groups excluding carboxylic acids is 4. The molecule has 0 aliphatic heterocycles. The summed E-state index contributed by atoms with van der Waals surface area (Å²) < 4.78 is 68.2. The Morgan fingerprint density at radius 1 is 0.300 bits per heavy atom. The monoisotopic (exact) mass is 1320 g/mol. The molecule has 0 rings (SSSR count). The highest BCUT2D eigenvalue weighted by atomic mass is 31.2. The molecular weight excluding hydrogens is 1190 g/mol. The van der Waals surface area contributed by atoms with E-state index in [0.29, 0.717) is 31.6 Å². The second-order valence-corrected chi connectivity index (χ2v) is 30.0. The van der Waals surface area contributed by atoms with Gasteiger partial charge in [0.2, 0.25) is 0 Å². The molecule has 3 N–H and O–H groups in total. The average Bonchev–Trinajstić information content (AvgIpc) is 2.77. The molecule has 0 aromatic heterocycles. The number of phosphoric ester groups is 2. The normalized spacial score (nSPS) is 14.2. The van der Waals surface area contributed by atoms with Gasteiger partial charge in [-0.25, -0.2) is 9.13 Å². The Kier molecular flexibility index (Phi) is 60.6. The highest BCUT2D eigenvalue weighted by Gasteiger charge is 2.30. The Hall–Kier alpha value is -1.94. The molecule has 17 nitrogen and oxygen atoms in total. The third-order valence-corrected chi connectivity index (χ3v) is 18.3. The van der Waals surface area contributed by atoms with Gasteiger partial charge < -0.3 is 33.8 Å². The van der Waals surface area contributed by atoms with Crippen molar-refractivity contribution < 1.29 is 80.2 Å². The highest BCUT2D eigenvalue weighted by Crippen LogP contribution is 2.45. The molecule has 0 spiro atoms. The summed E-state index contributed by atoms with van der Waals surface area (Å²) in [5.74, 6) is 0.134. The fraction of sp³-hybridized carbons (Fsp3) is 0.944. The topological polar surface area (TPSA) is 237 Å². The van der Waals surface area contributed by atoms with Crippen LogP contribution >= 0.6 is 15.6 Å². The number of aliphatic hydroxyl groups excluding tert-OH is 1. The predicted molar refractivity (Wildman–Crippen MR) is 363 cm³/mol. The summed E-state index contributed by atoms with van der Waals surface area (Å²) in [6.45, 7) is 11.8. The molecule has 2 unspecified atom stereocenters. The van der Waals surface area contributed by atoms with Crippen LogP contribution in [0.3, 0.4) is 0 Å². The number of carbonyl (C=O) groups is 4. The lowest BCUT2D eigenvalue weighted by Crippen LogP contribution is -2.30. The van der Waals surface area contributed by atoms with Gasteiger partial charge in [0.1, 0.15) is 19.3 Å². The van der Waals surface area contributed by atoms with E-state index in [9.17, 15) is 43.2 Å². The van der Waals surface area contributed by atoms with Gasteiger partial charge in [-0.2, -0.15) is 0 Å². The van der Waals surface area contributed by atoms with E-state index in [0.717, 1.165) is 108 Å². The van der Waals surface area contributed by atoms with Crippen molar-refractivity contribution in [1.29, 1.82) is 0 Å². The van der Waals surface area contributed by atoms with Crippen molar-refractivity contribution in [3.8, 4) is 0 Å². The number of aliphatic hydroxyl groups is 1. The predicted octanol–water partition coefficient (Wildman–Crippen LogP) is 20.2. The first-order valence-electron chi connectivity index (χ1n) is 36.8. The molecule has 0 bridgehead atoms. The lowest BCUT2D eigenvalue weighted by Gasteiger charge is -2.21. The number of unbranched alkanes of at least 4 members (excludes halogenated alkanes) is 37. The van der Waals surface area contributed by atoms with Crippen LogP contribution in [0.4, 0.5) is 0 Å². The fourth-order valence-electron chi connectivity index (χ4n) is 10.7. The van der Waals surface area contributed by atoms with Crippen molar-refractivity contribution in [2.24, 2.45) is 17.8 Å². The molecule has 0 fully saturated rings. The Labute approximate surface area is 549 Å². The van der Waals surface area contributed by atoms with Crippen LogP contribution in [-0.2, 0) is 65.4 Å². The Morgan fingerprint density at radius 2 is 0.511 bits per heavy atom. The average molecular weight is 1330 g/mol. The van der Waals surface area contributed by atoms with E-state index in [2.05, 4.69) is 48.5 Å². The van der Waals surface area contributed by atoms with Gasteiger partial charge in [-0.1, -0.05) is 305 Å². The van der Waals surface area contributed by atoms with E-state index in [1.807, 2.05) is 0 Å². The van der Waals surface area contributed by atoms with Crippen molar-refractivity contribution in [3.05, 3.63) is 0 Å². The molecule has 534 valence electrons. The second kappa shape index (κ2) is 61.9. The Bertz CT molecular complexity index is 1770. The zero-order valence-electron chi connectivity index (χ0n) is 58.6. The molecule has 0 aromatic carbocycles. The first kappa shape index (κ1) is 88.1. The van der Waals surface area contributed by atoms with Gasteiger partial charge >= 0.3 is 39.5 Å². The molecular formula is C71H138O17P2. The number of hydrogen-bond donors (Lipinski definition) is 3. The summed E-state index contributed by atoms with van der Waals surface area (Å²) in [7, 11) is -9.90. The minimum Gasteiger partial charge on any atom is -0.462 e. The van der Waals surface area contributed by atoms with Crippen molar-refractivity contribution in [2.75, 3.05) is 39.6 Å². The molecule has 0 aromatic rings. The van der Waals surface area contributed by atoms with Gasteiger partial charge in [0, 0.05) is 25.7 Å². The van der Waals surface area contributed by atoms with Crippen LogP contribution in [0.2, 0.25) is 0 Å². The van der Waals surface area contributed by atoms with E-state index >= 15 is 0 Å². The van der Waals surface area contributed by atoms with Gasteiger partial charge in [-0.05, 0) is 43.4 Å². The fourth-order valence-corrected chi connectivity index (χ4v) is 12.3. The number of phosphoric acid groups is 2. The summed E-state index contributed by atoms with van der Waals surface area (Å²) in [6, 6.07) is 0. The van der Waals surface area contributed by atoms with Crippen LogP contribution in [0.15, 0.2) is 0 Å². The molecule has 0 saturated heterocycles. The first-order valence-corrected chi connectivity index (χ1v) is 39.8. The first-order chi connectivity index (χ1) is 43.2. The van der Waals surface area contributed by atoms with E-state index in [4.69, 9.17) is 37.0 Å². The smallest absolute Gasteiger partial charge is 0.462 e. The van der Waals surface area contributed by atoms with Crippen molar-refractivity contribution in [1.82, 2.24) is 0 Å². The van der Waals surface area contributed by atoms with Crippen molar-refractivity contribution >= 4 is 39.5 Å². The zero-order chi connectivity index (χ0) is 66.6. The summed E-state index contributed by atoms with van der Waals surface area (Å²) in [5.41, 5.74) is 0. The Morgan fingerprint density at radius 3 is 0.756 bits per heavy atom. The number of ether oxygens (including phenoxy) is 4. The van der Waals surface area contributed by atoms with Gasteiger partial charge in [0.05, 0.1) is 26.4 Å². The van der Waals surface area contributed by atoms with E-state index in [-0.39, 0.29) is 25.7 Å². The SMILES string of the molecule is CCCCCCCCCCC(=O)OC[C@H](COP(=O)(O)OC[C@H](O)COP(=O)(O)OC[C@@H](COC(=O)CCCCCCCCCCCCC(C)C)OC(=O)CCCCCCCCCCCCCCCCCCC(C)C)OC(=O)CCCCCCCCCC(C)C. The standard InChI is InChI=1S/C71H138O17P2/c1-8-9-10-11-12-31-38-45-52-68(73)81-58-67(88-71(76)55-48-41-34-27-30-37-44-51-64(6)7)61-86-90(79,80)84-57-65(72)56-83-89(77,78)85-60-66(59-82-69(74)53-46-39-32-25-22-21-24-29-36-43-50-63(4)5)87-70(75)54-47-40-33-26-20-18-16-14-13-15-17-19-23-28-35-42-49-62(2)3/h62-67,72H,8-61H2,1-7H3,(H,77,78)(H,79,80)/t65-,66-,67-/m1/s1. The number of hydrogen-bond acceptors (Lipinski definition) is 15. The van der Waals surface area contributed by atoms with Crippen LogP contribution in [0.25, 0.3) is 0 Å². The summed E-state index contributed by atoms with van der Waals surface area (Å²) in [6.07, 6.45) is 46.0. The van der Waals surface area contributed by atoms with E-state index in [1.54, 1.807) is 0 Å². The van der Waals surface area contributed by atoms with Crippen LogP contribution in [0.1, 0.15) is 357 Å². The summed E-state index contributed by atoms with van der Waals surface area (Å²) in [4.78, 5) is 72.4.